The van der Waals surface area contributed by atoms with Crippen molar-refractivity contribution in [3.8, 4) is 0 Å². The summed E-state index contributed by atoms with van der Waals surface area (Å²) in [5, 5.41) is 0. The Morgan fingerprint density at radius 3 is 2.50 bits per heavy atom. The van der Waals surface area contributed by atoms with Crippen molar-refractivity contribution < 1.29 is 9.53 Å². The molecule has 0 aromatic rings. The average Bonchev–Trinajstić information content (AvgIpc) is 3.13. The van der Waals surface area contributed by atoms with Crippen LogP contribution in [0.1, 0.15) is 12.8 Å². The van der Waals surface area contributed by atoms with Crippen LogP contribution in [0, 0.1) is 0 Å². The first-order chi connectivity index (χ1) is 7.81. The summed E-state index contributed by atoms with van der Waals surface area (Å²) >= 11 is 0. The van der Waals surface area contributed by atoms with E-state index in [9.17, 15) is 4.79 Å². The van der Waals surface area contributed by atoms with E-state index in [4.69, 9.17) is 10.5 Å². The fraction of sp³-hybridized carbons (Fsp3) is 0.909. The van der Waals surface area contributed by atoms with Gasteiger partial charge in [0.05, 0.1) is 6.61 Å². The van der Waals surface area contributed by atoms with E-state index < -0.39 is 0 Å². The fourth-order valence-corrected chi connectivity index (χ4v) is 2.11. The van der Waals surface area contributed by atoms with E-state index in [2.05, 4.69) is 4.90 Å². The van der Waals surface area contributed by atoms with Crippen molar-refractivity contribution in [2.45, 2.75) is 18.9 Å². The van der Waals surface area contributed by atoms with Gasteiger partial charge in [0.25, 0.3) is 0 Å². The molecule has 2 N–H and O–H groups in total. The highest BCUT2D eigenvalue weighted by molar-refractivity contribution is 5.77. The summed E-state index contributed by atoms with van der Waals surface area (Å²) in [6.07, 6.45) is 2.68. The van der Waals surface area contributed by atoms with Crippen molar-refractivity contribution in [2.24, 2.45) is 5.73 Å². The maximum absolute atomic E-state index is 11.7. The number of piperazine rings is 1. The number of carbonyl (C=O) groups is 1. The van der Waals surface area contributed by atoms with Gasteiger partial charge in [0.15, 0.2) is 0 Å². The minimum Gasteiger partial charge on any atom is -0.370 e. The number of nitrogens with two attached hydrogens (primary N) is 1. The molecule has 1 saturated heterocycles. The Hall–Kier alpha value is -0.650. The lowest BCUT2D eigenvalue weighted by Gasteiger charge is -2.34. The van der Waals surface area contributed by atoms with Gasteiger partial charge in [-0.1, -0.05) is 0 Å². The molecule has 92 valence electrons. The lowest BCUT2D eigenvalue weighted by molar-refractivity contribution is -0.137. The van der Waals surface area contributed by atoms with Crippen molar-refractivity contribution >= 4 is 5.91 Å². The van der Waals surface area contributed by atoms with E-state index in [1.54, 1.807) is 0 Å². The molecule has 2 aliphatic rings. The van der Waals surface area contributed by atoms with Crippen molar-refractivity contribution in [2.75, 3.05) is 45.9 Å². The summed E-state index contributed by atoms with van der Waals surface area (Å²) in [6.45, 7) is 4.86. The maximum Gasteiger partial charge on any atom is 0.248 e. The first kappa shape index (κ1) is 11.8. The Balaban J connectivity index is 1.64. The first-order valence-corrected chi connectivity index (χ1v) is 6.11. The van der Waals surface area contributed by atoms with Gasteiger partial charge in [-0.15, -0.1) is 0 Å². The number of carbonyl (C=O) groups excluding carboxylic acids is 1. The molecule has 0 radical (unpaired) electrons. The molecule has 5 heteroatoms. The average molecular weight is 227 g/mol. The molecule has 0 aromatic carbocycles. The molecule has 1 aliphatic heterocycles. The molecular weight excluding hydrogens is 206 g/mol. The van der Waals surface area contributed by atoms with Gasteiger partial charge in [-0.3, -0.25) is 9.69 Å². The predicted molar refractivity (Wildman–Crippen MR) is 61.0 cm³/mol. The normalized spacial score (nSPS) is 22.4. The summed E-state index contributed by atoms with van der Waals surface area (Å²) in [4.78, 5) is 16.1. The Morgan fingerprint density at radius 1 is 1.25 bits per heavy atom. The second-order valence-corrected chi connectivity index (χ2v) is 4.49. The monoisotopic (exact) mass is 227 g/mol. The Morgan fingerprint density at radius 2 is 1.94 bits per heavy atom. The number of amides is 1. The van der Waals surface area contributed by atoms with E-state index in [1.807, 2.05) is 4.90 Å². The lowest BCUT2D eigenvalue weighted by Crippen LogP contribution is -2.50. The third-order valence-corrected chi connectivity index (χ3v) is 3.22. The summed E-state index contributed by atoms with van der Waals surface area (Å²) in [6, 6.07) is 0.811. The second kappa shape index (κ2) is 5.61. The minimum absolute atomic E-state index is 0.101. The van der Waals surface area contributed by atoms with Crippen molar-refractivity contribution in [3.63, 3.8) is 0 Å². The van der Waals surface area contributed by atoms with Gasteiger partial charge in [-0.2, -0.15) is 0 Å². The van der Waals surface area contributed by atoms with Crippen LogP contribution in [-0.2, 0) is 9.53 Å². The van der Waals surface area contributed by atoms with Gasteiger partial charge in [-0.05, 0) is 12.8 Å². The van der Waals surface area contributed by atoms with Gasteiger partial charge in [-0.25, -0.2) is 0 Å². The quantitative estimate of drug-likeness (QED) is 0.629. The van der Waals surface area contributed by atoms with E-state index in [-0.39, 0.29) is 12.5 Å². The molecule has 1 saturated carbocycles. The van der Waals surface area contributed by atoms with E-state index in [0.717, 1.165) is 32.2 Å². The Labute approximate surface area is 96.5 Å². The van der Waals surface area contributed by atoms with Crippen LogP contribution in [0.25, 0.3) is 0 Å². The summed E-state index contributed by atoms with van der Waals surface area (Å²) in [5.74, 6) is 0.101. The molecule has 1 amide bonds. The fourth-order valence-electron chi connectivity index (χ4n) is 2.11. The van der Waals surface area contributed by atoms with Crippen molar-refractivity contribution in [3.05, 3.63) is 0 Å². The van der Waals surface area contributed by atoms with E-state index in [0.29, 0.717) is 13.2 Å². The third-order valence-electron chi connectivity index (χ3n) is 3.22. The lowest BCUT2D eigenvalue weighted by atomic mass is 10.3. The molecule has 5 nitrogen and oxygen atoms in total. The summed E-state index contributed by atoms with van der Waals surface area (Å²) < 4.78 is 5.15. The molecule has 1 aliphatic carbocycles. The van der Waals surface area contributed by atoms with Gasteiger partial charge >= 0.3 is 0 Å². The Bertz CT molecular complexity index is 235. The van der Waals surface area contributed by atoms with Crippen LogP contribution in [-0.4, -0.2) is 67.7 Å². The summed E-state index contributed by atoms with van der Waals surface area (Å²) in [5.41, 5.74) is 5.30. The molecule has 16 heavy (non-hydrogen) atoms. The molecule has 0 bridgehead atoms. The zero-order valence-electron chi connectivity index (χ0n) is 9.73. The highest BCUT2D eigenvalue weighted by atomic mass is 16.5. The molecule has 0 aromatic heterocycles. The van der Waals surface area contributed by atoms with Crippen LogP contribution in [0.5, 0.6) is 0 Å². The summed E-state index contributed by atoms with van der Waals surface area (Å²) in [7, 11) is 0. The zero-order valence-corrected chi connectivity index (χ0v) is 9.73. The Kier molecular flexibility index (Phi) is 4.15. The minimum atomic E-state index is 0.101. The van der Waals surface area contributed by atoms with Gasteiger partial charge < -0.3 is 15.4 Å². The number of nitrogens with zero attached hydrogens (tertiary/aromatic N) is 2. The predicted octanol–water partition coefficient (Wildman–Crippen LogP) is -0.732. The van der Waals surface area contributed by atoms with E-state index >= 15 is 0 Å². The van der Waals surface area contributed by atoms with Crippen LogP contribution >= 0.6 is 0 Å². The zero-order chi connectivity index (χ0) is 11.4. The second-order valence-electron chi connectivity index (χ2n) is 4.49. The largest absolute Gasteiger partial charge is 0.370 e. The smallest absolute Gasteiger partial charge is 0.248 e. The van der Waals surface area contributed by atoms with Crippen molar-refractivity contribution in [1.29, 1.82) is 0 Å². The van der Waals surface area contributed by atoms with E-state index in [1.165, 1.54) is 12.8 Å². The van der Waals surface area contributed by atoms with Gasteiger partial charge in [0.1, 0.15) is 6.61 Å². The number of hydrogen-bond acceptors (Lipinski definition) is 4. The molecule has 0 unspecified atom stereocenters. The number of hydrogen-bond donors (Lipinski definition) is 1. The molecule has 2 fully saturated rings. The number of ether oxygens (including phenoxy) is 1. The highest BCUT2D eigenvalue weighted by Crippen LogP contribution is 2.27. The molecule has 0 spiro atoms. The van der Waals surface area contributed by atoms with Gasteiger partial charge in [0, 0.05) is 38.8 Å². The maximum atomic E-state index is 11.7. The van der Waals surface area contributed by atoms with Crippen molar-refractivity contribution in [1.82, 2.24) is 9.80 Å². The van der Waals surface area contributed by atoms with Crippen LogP contribution in [0.3, 0.4) is 0 Å². The molecule has 2 rings (SSSR count). The van der Waals surface area contributed by atoms with Crippen LogP contribution < -0.4 is 5.73 Å². The van der Waals surface area contributed by atoms with Crippen LogP contribution in [0.4, 0.5) is 0 Å². The van der Waals surface area contributed by atoms with Crippen LogP contribution in [0.15, 0.2) is 0 Å². The molecule has 0 atom stereocenters. The molecule has 1 heterocycles. The highest BCUT2D eigenvalue weighted by Gasteiger charge is 2.32. The number of rotatable bonds is 5. The topological polar surface area (TPSA) is 58.8 Å². The van der Waals surface area contributed by atoms with Gasteiger partial charge in [0.2, 0.25) is 5.91 Å². The standard InChI is InChI=1S/C11H21N3O2/c12-3-8-16-9-11(15)14-6-4-13(5-7-14)10-1-2-10/h10H,1-9,12H2. The SMILES string of the molecule is NCCOCC(=O)N1CCN(C2CC2)CC1. The third kappa shape index (κ3) is 3.17. The first-order valence-electron chi connectivity index (χ1n) is 6.11. The molecular formula is C11H21N3O2. The van der Waals surface area contributed by atoms with Crippen LogP contribution in [0.2, 0.25) is 0 Å².